The molecule has 0 bridgehead atoms. The molecule has 1 fully saturated rings. The van der Waals surface area contributed by atoms with E-state index in [-0.39, 0.29) is 11.9 Å². The molecular formula is C19H25N5OS. The van der Waals surface area contributed by atoms with Gasteiger partial charge in [-0.05, 0) is 31.5 Å². The van der Waals surface area contributed by atoms with Gasteiger partial charge in [-0.1, -0.05) is 42.5 Å². The van der Waals surface area contributed by atoms with Gasteiger partial charge >= 0.3 is 0 Å². The summed E-state index contributed by atoms with van der Waals surface area (Å²) in [5, 5.41) is 15.2. The van der Waals surface area contributed by atoms with Crippen molar-refractivity contribution >= 4 is 16.3 Å². The number of aromatic hydroxyl groups is 1. The smallest absolute Gasteiger partial charge is 0.230 e. The molecule has 3 heterocycles. The Morgan fingerprint density at radius 2 is 1.88 bits per heavy atom. The molecule has 1 saturated heterocycles. The maximum absolute atomic E-state index is 10.9. The van der Waals surface area contributed by atoms with E-state index < -0.39 is 0 Å². The van der Waals surface area contributed by atoms with Gasteiger partial charge in [0.15, 0.2) is 0 Å². The number of hydrogen-bond donors (Lipinski definition) is 1. The van der Waals surface area contributed by atoms with Gasteiger partial charge in [0.25, 0.3) is 0 Å². The molecule has 1 atom stereocenters. The van der Waals surface area contributed by atoms with Crippen molar-refractivity contribution in [1.29, 1.82) is 0 Å². The lowest BCUT2D eigenvalue weighted by Crippen LogP contribution is -2.47. The maximum Gasteiger partial charge on any atom is 0.230 e. The van der Waals surface area contributed by atoms with Crippen molar-refractivity contribution < 1.29 is 5.11 Å². The number of aryl methyl sites for hydroxylation is 2. The van der Waals surface area contributed by atoms with Gasteiger partial charge in [-0.3, -0.25) is 4.90 Å². The van der Waals surface area contributed by atoms with E-state index in [0.29, 0.717) is 5.82 Å². The van der Waals surface area contributed by atoms with Crippen LogP contribution in [0.3, 0.4) is 0 Å². The Balaban J connectivity index is 1.78. The van der Waals surface area contributed by atoms with Crippen LogP contribution in [0.1, 0.15) is 34.8 Å². The van der Waals surface area contributed by atoms with E-state index in [0.717, 1.165) is 42.6 Å². The fourth-order valence-corrected chi connectivity index (χ4v) is 4.91. The zero-order valence-corrected chi connectivity index (χ0v) is 16.3. The summed E-state index contributed by atoms with van der Waals surface area (Å²) in [7, 11) is 0. The molecule has 1 aliphatic heterocycles. The molecule has 1 unspecified atom stereocenters. The fourth-order valence-electron chi connectivity index (χ4n) is 3.76. The van der Waals surface area contributed by atoms with Gasteiger partial charge in [-0.25, -0.2) is 4.98 Å². The lowest BCUT2D eigenvalue weighted by molar-refractivity contribution is 0.113. The molecule has 0 amide bonds. The molecule has 7 heteroatoms. The minimum absolute atomic E-state index is 0.0315. The van der Waals surface area contributed by atoms with Gasteiger partial charge in [-0.2, -0.15) is 4.52 Å². The van der Waals surface area contributed by atoms with Crippen LogP contribution < -0.4 is 0 Å². The van der Waals surface area contributed by atoms with Gasteiger partial charge in [-0.15, -0.1) is 5.10 Å². The first-order chi connectivity index (χ1) is 12.6. The minimum atomic E-state index is 0.0315. The first kappa shape index (κ1) is 17.5. The molecule has 0 spiro atoms. The fraction of sp³-hybridized carbons (Fsp3) is 0.474. The largest absolute Gasteiger partial charge is 0.492 e. The lowest BCUT2D eigenvalue weighted by atomic mass is 9.98. The standard InChI is InChI=1S/C19H25N5OS/c1-4-22-9-11-23(12-10-22)16(15-8-6-5-7-13(15)2)17-18(25)24-19(26-17)20-14(3)21-24/h5-8,16,25H,4,9-12H2,1-3H3. The Morgan fingerprint density at radius 1 is 1.15 bits per heavy atom. The zero-order valence-electron chi connectivity index (χ0n) is 15.5. The van der Waals surface area contributed by atoms with E-state index in [2.05, 4.69) is 58.0 Å². The summed E-state index contributed by atoms with van der Waals surface area (Å²) in [5.41, 5.74) is 2.49. The molecule has 1 aromatic carbocycles. The molecule has 6 nitrogen and oxygen atoms in total. The number of hydrogen-bond acceptors (Lipinski definition) is 6. The third-order valence-corrected chi connectivity index (χ3v) is 6.33. The van der Waals surface area contributed by atoms with E-state index in [1.54, 1.807) is 15.9 Å². The summed E-state index contributed by atoms with van der Waals surface area (Å²) in [5.74, 6) is 0.902. The highest BCUT2D eigenvalue weighted by molar-refractivity contribution is 7.17. The van der Waals surface area contributed by atoms with Crippen LogP contribution in [0.25, 0.3) is 4.96 Å². The molecular weight excluding hydrogens is 346 g/mol. The molecule has 0 radical (unpaired) electrons. The third-order valence-electron chi connectivity index (χ3n) is 5.26. The number of nitrogens with zero attached hydrogens (tertiary/aromatic N) is 5. The van der Waals surface area contributed by atoms with E-state index >= 15 is 0 Å². The van der Waals surface area contributed by atoms with Crippen LogP contribution in [-0.4, -0.2) is 62.2 Å². The van der Waals surface area contributed by atoms with Crippen LogP contribution in [0.2, 0.25) is 0 Å². The second-order valence-corrected chi connectivity index (χ2v) is 7.88. The van der Waals surface area contributed by atoms with Gasteiger partial charge in [0.05, 0.1) is 10.9 Å². The maximum atomic E-state index is 10.9. The zero-order chi connectivity index (χ0) is 18.3. The SMILES string of the molecule is CCN1CCN(C(c2ccccc2C)c2sc3nc(C)nn3c2O)CC1. The summed E-state index contributed by atoms with van der Waals surface area (Å²) < 4.78 is 1.57. The summed E-state index contributed by atoms with van der Waals surface area (Å²) in [6.07, 6.45) is 0. The van der Waals surface area contributed by atoms with Crippen molar-refractivity contribution in [3.63, 3.8) is 0 Å². The second kappa shape index (κ2) is 6.98. The monoisotopic (exact) mass is 371 g/mol. The average Bonchev–Trinajstić information content (AvgIpc) is 3.15. The van der Waals surface area contributed by atoms with Gasteiger partial charge in [0, 0.05) is 26.2 Å². The predicted molar refractivity (Wildman–Crippen MR) is 104 cm³/mol. The summed E-state index contributed by atoms with van der Waals surface area (Å²) in [4.78, 5) is 11.1. The molecule has 2 aromatic heterocycles. The van der Waals surface area contributed by atoms with Gasteiger partial charge in [0.2, 0.25) is 10.8 Å². The topological polar surface area (TPSA) is 56.9 Å². The minimum Gasteiger partial charge on any atom is -0.492 e. The quantitative estimate of drug-likeness (QED) is 0.764. The van der Waals surface area contributed by atoms with Crippen LogP contribution in [0.5, 0.6) is 5.88 Å². The highest BCUT2D eigenvalue weighted by Crippen LogP contribution is 2.41. The van der Waals surface area contributed by atoms with Crippen molar-refractivity contribution in [1.82, 2.24) is 24.4 Å². The Kier molecular flexibility index (Phi) is 4.69. The Bertz CT molecular complexity index is 910. The second-order valence-electron chi connectivity index (χ2n) is 6.87. The summed E-state index contributed by atoms with van der Waals surface area (Å²) in [6.45, 7) is 11.4. The average molecular weight is 372 g/mol. The van der Waals surface area contributed by atoms with Gasteiger partial charge in [0.1, 0.15) is 5.82 Å². The number of rotatable bonds is 4. The van der Waals surface area contributed by atoms with Crippen LogP contribution >= 0.6 is 11.3 Å². The molecule has 138 valence electrons. The van der Waals surface area contributed by atoms with Crippen molar-refractivity contribution in [2.45, 2.75) is 26.8 Å². The van der Waals surface area contributed by atoms with Crippen molar-refractivity contribution in [3.05, 3.63) is 46.1 Å². The molecule has 0 aliphatic carbocycles. The number of aromatic nitrogens is 3. The summed E-state index contributed by atoms with van der Waals surface area (Å²) >= 11 is 1.54. The Labute approximate surface area is 157 Å². The van der Waals surface area contributed by atoms with Crippen molar-refractivity contribution in [2.75, 3.05) is 32.7 Å². The predicted octanol–water partition coefficient (Wildman–Crippen LogP) is 2.84. The van der Waals surface area contributed by atoms with Crippen LogP contribution in [0.4, 0.5) is 0 Å². The third kappa shape index (κ3) is 3.00. The molecule has 1 N–H and O–H groups in total. The lowest BCUT2D eigenvalue weighted by Gasteiger charge is -2.39. The number of benzene rings is 1. The highest BCUT2D eigenvalue weighted by atomic mass is 32.1. The van der Waals surface area contributed by atoms with Crippen LogP contribution in [0, 0.1) is 13.8 Å². The van der Waals surface area contributed by atoms with Gasteiger partial charge < -0.3 is 10.0 Å². The molecule has 1 aliphatic rings. The first-order valence-corrected chi connectivity index (χ1v) is 9.97. The number of piperazine rings is 1. The highest BCUT2D eigenvalue weighted by Gasteiger charge is 2.32. The number of thiazole rings is 1. The molecule has 0 saturated carbocycles. The van der Waals surface area contributed by atoms with E-state index in [9.17, 15) is 5.11 Å². The van der Waals surface area contributed by atoms with E-state index in [4.69, 9.17) is 0 Å². The van der Waals surface area contributed by atoms with Crippen molar-refractivity contribution in [2.24, 2.45) is 0 Å². The summed E-state index contributed by atoms with van der Waals surface area (Å²) in [6, 6.07) is 8.49. The number of likely N-dealkylation sites (N-methyl/N-ethyl adjacent to an activating group) is 1. The molecule has 26 heavy (non-hydrogen) atoms. The van der Waals surface area contributed by atoms with E-state index in [1.807, 2.05) is 6.92 Å². The molecule has 4 rings (SSSR count). The number of fused-ring (bicyclic) bond motifs is 1. The first-order valence-electron chi connectivity index (χ1n) is 9.15. The Morgan fingerprint density at radius 3 is 2.54 bits per heavy atom. The van der Waals surface area contributed by atoms with Crippen LogP contribution in [0.15, 0.2) is 24.3 Å². The van der Waals surface area contributed by atoms with Crippen molar-refractivity contribution in [3.8, 4) is 5.88 Å². The van der Waals surface area contributed by atoms with E-state index in [1.165, 1.54) is 11.1 Å². The normalized spacial score (nSPS) is 17.8. The Hall–Kier alpha value is -1.96. The molecule has 3 aromatic rings. The van der Waals surface area contributed by atoms with Crippen LogP contribution in [-0.2, 0) is 0 Å².